The number of nitrogens with zero attached hydrogens (tertiary/aromatic N) is 1. The fourth-order valence-corrected chi connectivity index (χ4v) is 2.89. The summed E-state index contributed by atoms with van der Waals surface area (Å²) in [5.41, 5.74) is 0.896. The van der Waals surface area contributed by atoms with Crippen LogP contribution < -0.4 is 0 Å². The Labute approximate surface area is 106 Å². The molecule has 0 bridgehead atoms. The average molecular weight is 269 g/mol. The lowest BCUT2D eigenvalue weighted by Crippen LogP contribution is -1.99. The van der Waals surface area contributed by atoms with Crippen LogP contribution in [-0.4, -0.2) is 21.0 Å². The molecule has 0 aromatic carbocycles. The molecule has 2 unspecified atom stereocenters. The van der Waals surface area contributed by atoms with Crippen LogP contribution in [0.2, 0.25) is 4.34 Å². The first-order chi connectivity index (χ1) is 8.15. The summed E-state index contributed by atoms with van der Waals surface area (Å²) in [5.74, 6) is -0.221. The Balaban J connectivity index is 1.82. The van der Waals surface area contributed by atoms with Crippen molar-refractivity contribution in [2.75, 3.05) is 0 Å². The van der Waals surface area contributed by atoms with Crippen molar-refractivity contribution in [2.24, 2.45) is 5.92 Å². The third-order valence-corrected chi connectivity index (χ3v) is 4.16. The molecule has 0 radical (unpaired) electrons. The Hall–Kier alpha value is -1.33. The molecule has 1 fully saturated rings. The van der Waals surface area contributed by atoms with Crippen LogP contribution in [0, 0.1) is 5.92 Å². The molecular formula is C11H9ClN2O2S. The van der Waals surface area contributed by atoms with Crippen LogP contribution >= 0.6 is 22.9 Å². The molecule has 2 aromatic heterocycles. The Morgan fingerprint density at radius 1 is 1.59 bits per heavy atom. The standard InChI is InChI=1S/C11H9ClN2O2S/c12-9-2-1-8(17-9)7-4-13-10(14-7)5-3-6(5)11(15)16/h1-2,4-6H,3H2,(H,13,14)(H,15,16). The number of halogens is 1. The van der Waals surface area contributed by atoms with E-state index in [0.29, 0.717) is 6.42 Å². The summed E-state index contributed by atoms with van der Waals surface area (Å²) < 4.78 is 0.728. The molecule has 2 atom stereocenters. The summed E-state index contributed by atoms with van der Waals surface area (Å²) in [6, 6.07) is 3.76. The van der Waals surface area contributed by atoms with Crippen molar-refractivity contribution in [3.05, 3.63) is 28.5 Å². The number of carboxylic acid groups (broad SMARTS) is 1. The van der Waals surface area contributed by atoms with Crippen LogP contribution in [0.1, 0.15) is 18.2 Å². The van der Waals surface area contributed by atoms with E-state index in [4.69, 9.17) is 16.7 Å². The molecule has 2 heterocycles. The third-order valence-electron chi connectivity index (χ3n) is 2.89. The number of H-pyrrole nitrogens is 1. The molecule has 88 valence electrons. The number of thiophene rings is 1. The Morgan fingerprint density at radius 3 is 3.00 bits per heavy atom. The molecule has 0 amide bonds. The van der Waals surface area contributed by atoms with Gasteiger partial charge in [-0.1, -0.05) is 11.6 Å². The van der Waals surface area contributed by atoms with E-state index in [1.807, 2.05) is 12.1 Å². The van der Waals surface area contributed by atoms with Crippen LogP contribution in [0.4, 0.5) is 0 Å². The maximum absolute atomic E-state index is 10.8. The molecule has 1 aliphatic carbocycles. The van der Waals surface area contributed by atoms with E-state index < -0.39 is 5.97 Å². The smallest absolute Gasteiger partial charge is 0.307 e. The number of imidazole rings is 1. The van der Waals surface area contributed by atoms with Gasteiger partial charge < -0.3 is 10.1 Å². The second-order valence-electron chi connectivity index (χ2n) is 4.07. The maximum atomic E-state index is 10.8. The molecule has 0 aliphatic heterocycles. The molecule has 2 aromatic rings. The number of nitrogens with one attached hydrogen (secondary N) is 1. The highest BCUT2D eigenvalue weighted by Gasteiger charge is 2.46. The van der Waals surface area contributed by atoms with Crippen molar-refractivity contribution in [2.45, 2.75) is 12.3 Å². The van der Waals surface area contributed by atoms with Gasteiger partial charge in [-0.15, -0.1) is 11.3 Å². The monoisotopic (exact) mass is 268 g/mol. The summed E-state index contributed by atoms with van der Waals surface area (Å²) in [6.45, 7) is 0. The molecular weight excluding hydrogens is 260 g/mol. The van der Waals surface area contributed by atoms with E-state index in [9.17, 15) is 4.79 Å². The lowest BCUT2D eigenvalue weighted by Gasteiger charge is -1.92. The molecule has 0 spiro atoms. The van der Waals surface area contributed by atoms with E-state index >= 15 is 0 Å². The summed E-state index contributed by atoms with van der Waals surface area (Å²) in [7, 11) is 0. The van der Waals surface area contributed by atoms with E-state index in [-0.39, 0.29) is 11.8 Å². The second kappa shape index (κ2) is 3.85. The normalized spacial score (nSPS) is 22.6. The number of carboxylic acids is 1. The summed E-state index contributed by atoms with van der Waals surface area (Å²) >= 11 is 7.33. The Morgan fingerprint density at radius 2 is 2.41 bits per heavy atom. The van der Waals surface area contributed by atoms with E-state index in [1.165, 1.54) is 11.3 Å². The van der Waals surface area contributed by atoms with Gasteiger partial charge in [-0.25, -0.2) is 4.98 Å². The molecule has 6 heteroatoms. The molecule has 17 heavy (non-hydrogen) atoms. The number of aromatic amines is 1. The zero-order valence-electron chi connectivity index (χ0n) is 8.68. The van der Waals surface area contributed by atoms with Crippen LogP contribution in [0.3, 0.4) is 0 Å². The first kappa shape index (κ1) is 10.8. The van der Waals surface area contributed by atoms with E-state index in [1.54, 1.807) is 6.20 Å². The topological polar surface area (TPSA) is 66.0 Å². The second-order valence-corrected chi connectivity index (χ2v) is 5.79. The van der Waals surface area contributed by atoms with Gasteiger partial charge in [0.2, 0.25) is 0 Å². The van der Waals surface area contributed by atoms with Crippen molar-refractivity contribution < 1.29 is 9.90 Å². The minimum atomic E-state index is -0.743. The fourth-order valence-electron chi connectivity index (χ4n) is 1.88. The van der Waals surface area contributed by atoms with Gasteiger partial charge >= 0.3 is 5.97 Å². The van der Waals surface area contributed by atoms with Gasteiger partial charge in [-0.2, -0.15) is 0 Å². The first-order valence-corrected chi connectivity index (χ1v) is 6.38. The first-order valence-electron chi connectivity index (χ1n) is 5.18. The van der Waals surface area contributed by atoms with Gasteiger partial charge in [-0.05, 0) is 18.6 Å². The summed E-state index contributed by atoms with van der Waals surface area (Å²) in [5, 5.41) is 8.86. The highest BCUT2D eigenvalue weighted by atomic mass is 35.5. The number of hydrogen-bond acceptors (Lipinski definition) is 3. The molecule has 4 nitrogen and oxygen atoms in total. The average Bonchev–Trinajstić information content (AvgIpc) is 2.74. The van der Waals surface area contributed by atoms with Gasteiger partial charge in [-0.3, -0.25) is 4.79 Å². The largest absolute Gasteiger partial charge is 0.481 e. The molecule has 1 aliphatic rings. The van der Waals surface area contributed by atoms with Crippen molar-refractivity contribution in [1.29, 1.82) is 0 Å². The predicted molar refractivity (Wildman–Crippen MR) is 65.4 cm³/mol. The Kier molecular flexibility index (Phi) is 2.45. The number of aromatic nitrogens is 2. The van der Waals surface area contributed by atoms with Gasteiger partial charge in [0, 0.05) is 5.92 Å². The highest BCUT2D eigenvalue weighted by Crippen LogP contribution is 2.46. The lowest BCUT2D eigenvalue weighted by molar-refractivity contribution is -0.138. The van der Waals surface area contributed by atoms with Crippen LogP contribution in [-0.2, 0) is 4.79 Å². The van der Waals surface area contributed by atoms with Crippen molar-refractivity contribution in [3.8, 4) is 10.6 Å². The zero-order valence-corrected chi connectivity index (χ0v) is 10.3. The summed E-state index contributed by atoms with van der Waals surface area (Å²) in [6.07, 6.45) is 2.40. The van der Waals surface area contributed by atoms with E-state index in [2.05, 4.69) is 9.97 Å². The molecule has 3 rings (SSSR count). The summed E-state index contributed by atoms with van der Waals surface area (Å²) in [4.78, 5) is 19.2. The van der Waals surface area contributed by atoms with Gasteiger partial charge in [0.1, 0.15) is 5.82 Å². The van der Waals surface area contributed by atoms with Crippen LogP contribution in [0.25, 0.3) is 10.6 Å². The molecule has 0 saturated heterocycles. The number of hydrogen-bond donors (Lipinski definition) is 2. The fraction of sp³-hybridized carbons (Fsp3) is 0.273. The minimum absolute atomic E-state index is 0.0386. The van der Waals surface area contributed by atoms with Gasteiger partial charge in [0.15, 0.2) is 0 Å². The van der Waals surface area contributed by atoms with E-state index in [0.717, 1.165) is 20.7 Å². The quantitative estimate of drug-likeness (QED) is 0.899. The van der Waals surface area contributed by atoms with Gasteiger partial charge in [0.25, 0.3) is 0 Å². The molecule has 2 N–H and O–H groups in total. The lowest BCUT2D eigenvalue weighted by atomic mass is 10.3. The zero-order chi connectivity index (χ0) is 12.0. The van der Waals surface area contributed by atoms with Crippen molar-refractivity contribution in [3.63, 3.8) is 0 Å². The number of carbonyl (C=O) groups is 1. The predicted octanol–water partition coefficient (Wildman–Crippen LogP) is 2.98. The number of rotatable bonds is 3. The van der Waals surface area contributed by atoms with Crippen molar-refractivity contribution >= 4 is 28.9 Å². The highest BCUT2D eigenvalue weighted by molar-refractivity contribution is 7.19. The molecule has 1 saturated carbocycles. The SMILES string of the molecule is O=C(O)C1CC1c1ncc(-c2ccc(Cl)s2)[nH]1. The third kappa shape index (κ3) is 1.96. The van der Waals surface area contributed by atoms with Crippen LogP contribution in [0.5, 0.6) is 0 Å². The number of aliphatic carboxylic acids is 1. The van der Waals surface area contributed by atoms with Crippen molar-refractivity contribution in [1.82, 2.24) is 9.97 Å². The Bertz CT molecular complexity index is 578. The minimum Gasteiger partial charge on any atom is -0.481 e. The maximum Gasteiger partial charge on any atom is 0.307 e. The van der Waals surface area contributed by atoms with Crippen LogP contribution in [0.15, 0.2) is 18.3 Å². The van der Waals surface area contributed by atoms with Gasteiger partial charge in [0.05, 0.1) is 27.0 Å².